The Kier molecular flexibility index (Phi) is 2.70. The molecule has 0 bridgehead atoms. The van der Waals surface area contributed by atoms with Gasteiger partial charge in [0.15, 0.2) is 11.5 Å². The molecule has 0 spiro atoms. The lowest BCUT2D eigenvalue weighted by Gasteiger charge is -2.23. The SMILES string of the molecule is c1cc2c(cc1C[C@@H]1CCCCN1)OCO2. The number of hydrogen-bond donors (Lipinski definition) is 1. The molecule has 3 rings (SSSR count). The molecular weight excluding hydrogens is 202 g/mol. The van der Waals surface area contributed by atoms with Gasteiger partial charge in [0, 0.05) is 6.04 Å². The van der Waals surface area contributed by atoms with E-state index in [1.54, 1.807) is 0 Å². The second-order valence-corrected chi connectivity index (χ2v) is 4.54. The van der Waals surface area contributed by atoms with Crippen molar-refractivity contribution >= 4 is 0 Å². The van der Waals surface area contributed by atoms with Gasteiger partial charge < -0.3 is 14.8 Å². The summed E-state index contributed by atoms with van der Waals surface area (Å²) in [4.78, 5) is 0. The Morgan fingerprint density at radius 2 is 2.12 bits per heavy atom. The van der Waals surface area contributed by atoms with Gasteiger partial charge in [-0.1, -0.05) is 12.5 Å². The fourth-order valence-corrected chi connectivity index (χ4v) is 2.45. The first kappa shape index (κ1) is 9.97. The lowest BCUT2D eigenvalue weighted by Crippen LogP contribution is -2.35. The quantitative estimate of drug-likeness (QED) is 0.826. The highest BCUT2D eigenvalue weighted by atomic mass is 16.7. The number of ether oxygens (including phenoxy) is 2. The standard InChI is InChI=1S/C13H17NO2/c1-2-6-14-11(3-1)7-10-4-5-12-13(8-10)16-9-15-12/h4-5,8,11,14H,1-3,6-7,9H2/t11-/m0/s1. The van der Waals surface area contributed by atoms with E-state index in [0.29, 0.717) is 12.8 Å². The van der Waals surface area contributed by atoms with E-state index in [2.05, 4.69) is 17.4 Å². The second-order valence-electron chi connectivity index (χ2n) is 4.54. The van der Waals surface area contributed by atoms with E-state index in [1.807, 2.05) is 6.07 Å². The zero-order valence-electron chi connectivity index (χ0n) is 9.37. The van der Waals surface area contributed by atoms with Gasteiger partial charge >= 0.3 is 0 Å². The first-order valence-corrected chi connectivity index (χ1v) is 6.04. The van der Waals surface area contributed by atoms with Crippen molar-refractivity contribution in [3.8, 4) is 11.5 Å². The van der Waals surface area contributed by atoms with Crippen LogP contribution >= 0.6 is 0 Å². The fraction of sp³-hybridized carbons (Fsp3) is 0.538. The predicted molar refractivity (Wildman–Crippen MR) is 61.9 cm³/mol. The van der Waals surface area contributed by atoms with Gasteiger partial charge in [0.05, 0.1) is 0 Å². The molecule has 2 aliphatic heterocycles. The lowest BCUT2D eigenvalue weighted by atomic mass is 9.98. The van der Waals surface area contributed by atoms with E-state index >= 15 is 0 Å². The normalized spacial score (nSPS) is 23.4. The van der Waals surface area contributed by atoms with E-state index < -0.39 is 0 Å². The summed E-state index contributed by atoms with van der Waals surface area (Å²) < 4.78 is 10.7. The van der Waals surface area contributed by atoms with Crippen LogP contribution in [0.3, 0.4) is 0 Å². The maximum Gasteiger partial charge on any atom is 0.231 e. The molecule has 2 aliphatic rings. The maximum atomic E-state index is 5.39. The largest absolute Gasteiger partial charge is 0.454 e. The van der Waals surface area contributed by atoms with Crippen LogP contribution in [0.4, 0.5) is 0 Å². The number of fused-ring (bicyclic) bond motifs is 1. The Bertz CT molecular complexity index is 372. The van der Waals surface area contributed by atoms with Gasteiger partial charge in [-0.15, -0.1) is 0 Å². The Labute approximate surface area is 95.8 Å². The van der Waals surface area contributed by atoms with Gasteiger partial charge in [-0.05, 0) is 43.5 Å². The molecule has 1 aromatic rings. The minimum absolute atomic E-state index is 0.362. The minimum Gasteiger partial charge on any atom is -0.454 e. The molecule has 1 atom stereocenters. The van der Waals surface area contributed by atoms with Crippen molar-refractivity contribution < 1.29 is 9.47 Å². The van der Waals surface area contributed by atoms with Crippen LogP contribution < -0.4 is 14.8 Å². The smallest absolute Gasteiger partial charge is 0.231 e. The van der Waals surface area contributed by atoms with Crippen molar-refractivity contribution in [3.63, 3.8) is 0 Å². The van der Waals surface area contributed by atoms with Gasteiger partial charge in [-0.3, -0.25) is 0 Å². The van der Waals surface area contributed by atoms with Crippen molar-refractivity contribution in [2.45, 2.75) is 31.7 Å². The highest BCUT2D eigenvalue weighted by Crippen LogP contribution is 2.33. The summed E-state index contributed by atoms with van der Waals surface area (Å²) in [6, 6.07) is 6.90. The molecule has 1 N–H and O–H groups in total. The van der Waals surface area contributed by atoms with Crippen molar-refractivity contribution in [2.75, 3.05) is 13.3 Å². The third kappa shape index (κ3) is 2.00. The lowest BCUT2D eigenvalue weighted by molar-refractivity contribution is 0.174. The second kappa shape index (κ2) is 4.34. The van der Waals surface area contributed by atoms with Gasteiger partial charge in [0.25, 0.3) is 0 Å². The predicted octanol–water partition coefficient (Wildman–Crippen LogP) is 2.10. The topological polar surface area (TPSA) is 30.5 Å². The molecular formula is C13H17NO2. The Morgan fingerprint density at radius 1 is 1.19 bits per heavy atom. The Balaban J connectivity index is 1.69. The fourth-order valence-electron chi connectivity index (χ4n) is 2.45. The van der Waals surface area contributed by atoms with Crippen molar-refractivity contribution in [3.05, 3.63) is 23.8 Å². The van der Waals surface area contributed by atoms with Crippen molar-refractivity contribution in [1.29, 1.82) is 0 Å². The molecule has 2 heterocycles. The third-order valence-electron chi connectivity index (χ3n) is 3.33. The van der Waals surface area contributed by atoms with Crippen LogP contribution in [0.15, 0.2) is 18.2 Å². The van der Waals surface area contributed by atoms with Crippen molar-refractivity contribution in [1.82, 2.24) is 5.32 Å². The molecule has 1 saturated heterocycles. The summed E-state index contributed by atoms with van der Waals surface area (Å²) in [6.07, 6.45) is 5.05. The molecule has 1 fully saturated rings. The molecule has 3 heteroatoms. The summed E-state index contributed by atoms with van der Waals surface area (Å²) in [5.74, 6) is 1.77. The summed E-state index contributed by atoms with van der Waals surface area (Å²) in [6.45, 7) is 1.52. The first-order chi connectivity index (χ1) is 7.92. The summed E-state index contributed by atoms with van der Waals surface area (Å²) in [7, 11) is 0. The van der Waals surface area contributed by atoms with Crippen LogP contribution in [0.1, 0.15) is 24.8 Å². The highest BCUT2D eigenvalue weighted by molar-refractivity contribution is 5.44. The van der Waals surface area contributed by atoms with Gasteiger partial charge in [-0.25, -0.2) is 0 Å². The van der Waals surface area contributed by atoms with Crippen LogP contribution in [0.5, 0.6) is 11.5 Å². The Morgan fingerprint density at radius 3 is 3.00 bits per heavy atom. The summed E-state index contributed by atoms with van der Waals surface area (Å²) in [5, 5.41) is 3.56. The summed E-state index contributed by atoms with van der Waals surface area (Å²) in [5.41, 5.74) is 1.34. The van der Waals surface area contributed by atoms with Crippen LogP contribution in [0.25, 0.3) is 0 Å². The van der Waals surface area contributed by atoms with E-state index in [4.69, 9.17) is 9.47 Å². The average molecular weight is 219 g/mol. The van der Waals surface area contributed by atoms with Gasteiger partial charge in [0.2, 0.25) is 6.79 Å². The van der Waals surface area contributed by atoms with Crippen LogP contribution in [0.2, 0.25) is 0 Å². The number of rotatable bonds is 2. The first-order valence-electron chi connectivity index (χ1n) is 6.04. The molecule has 0 unspecified atom stereocenters. The van der Waals surface area contributed by atoms with E-state index in [0.717, 1.165) is 24.5 Å². The number of nitrogens with one attached hydrogen (secondary N) is 1. The van der Waals surface area contributed by atoms with Crippen LogP contribution in [-0.4, -0.2) is 19.4 Å². The van der Waals surface area contributed by atoms with Crippen molar-refractivity contribution in [2.24, 2.45) is 0 Å². The number of piperidine rings is 1. The average Bonchev–Trinajstić information content (AvgIpc) is 2.77. The molecule has 86 valence electrons. The van der Waals surface area contributed by atoms with E-state index in [1.165, 1.54) is 24.8 Å². The maximum absolute atomic E-state index is 5.39. The molecule has 0 aliphatic carbocycles. The molecule has 0 radical (unpaired) electrons. The molecule has 0 amide bonds. The third-order valence-corrected chi connectivity index (χ3v) is 3.33. The Hall–Kier alpha value is -1.22. The molecule has 0 saturated carbocycles. The highest BCUT2D eigenvalue weighted by Gasteiger charge is 2.16. The van der Waals surface area contributed by atoms with Crippen LogP contribution in [0, 0.1) is 0 Å². The van der Waals surface area contributed by atoms with Gasteiger partial charge in [-0.2, -0.15) is 0 Å². The molecule has 0 aromatic heterocycles. The minimum atomic E-state index is 0.362. The molecule has 3 nitrogen and oxygen atoms in total. The van der Waals surface area contributed by atoms with E-state index in [9.17, 15) is 0 Å². The monoisotopic (exact) mass is 219 g/mol. The molecule has 1 aromatic carbocycles. The summed E-state index contributed by atoms with van der Waals surface area (Å²) >= 11 is 0. The molecule has 16 heavy (non-hydrogen) atoms. The number of benzene rings is 1. The van der Waals surface area contributed by atoms with Gasteiger partial charge in [0.1, 0.15) is 0 Å². The van der Waals surface area contributed by atoms with E-state index in [-0.39, 0.29) is 0 Å². The zero-order valence-corrected chi connectivity index (χ0v) is 9.37. The zero-order chi connectivity index (χ0) is 10.8. The van der Waals surface area contributed by atoms with Crippen LogP contribution in [-0.2, 0) is 6.42 Å². The number of hydrogen-bond acceptors (Lipinski definition) is 3.